The highest BCUT2D eigenvalue weighted by molar-refractivity contribution is 6.31. The third-order valence-electron chi connectivity index (χ3n) is 5.93. The van der Waals surface area contributed by atoms with Gasteiger partial charge in [0.2, 0.25) is 11.8 Å². The van der Waals surface area contributed by atoms with E-state index in [2.05, 4.69) is 21.7 Å². The molecule has 2 N–H and O–H groups in total. The van der Waals surface area contributed by atoms with Crippen LogP contribution >= 0.6 is 11.6 Å². The van der Waals surface area contributed by atoms with Crippen molar-refractivity contribution in [3.63, 3.8) is 0 Å². The van der Waals surface area contributed by atoms with Crippen molar-refractivity contribution in [3.05, 3.63) is 58.9 Å². The van der Waals surface area contributed by atoms with Gasteiger partial charge >= 0.3 is 0 Å². The van der Waals surface area contributed by atoms with Crippen LogP contribution in [0.2, 0.25) is 5.02 Å². The lowest BCUT2D eigenvalue weighted by Crippen LogP contribution is -2.48. The molecule has 0 saturated carbocycles. The van der Waals surface area contributed by atoms with Crippen LogP contribution in [0.5, 0.6) is 0 Å². The Morgan fingerprint density at radius 2 is 1.79 bits per heavy atom. The largest absolute Gasteiger partial charge is 0.369 e. The third-order valence-corrected chi connectivity index (χ3v) is 6.27. The fraction of sp³-hybridized carbons (Fsp3) is 0.429. The first-order valence-corrected chi connectivity index (χ1v) is 10.1. The molecule has 0 radical (unpaired) electrons. The Kier molecular flexibility index (Phi) is 5.42. The third kappa shape index (κ3) is 3.66. The van der Waals surface area contributed by atoms with Crippen LogP contribution in [0.1, 0.15) is 30.1 Å². The average molecular weight is 401 g/mol. The van der Waals surface area contributed by atoms with Crippen molar-refractivity contribution in [1.82, 2.24) is 14.4 Å². The fourth-order valence-corrected chi connectivity index (χ4v) is 4.58. The number of hydrogen-bond donors (Lipinski definition) is 1. The van der Waals surface area contributed by atoms with Gasteiger partial charge in [0.1, 0.15) is 0 Å². The highest BCUT2D eigenvalue weighted by Crippen LogP contribution is 2.36. The maximum Gasteiger partial charge on any atom is 0.236 e. The van der Waals surface area contributed by atoms with Crippen molar-refractivity contribution in [2.75, 3.05) is 26.2 Å². The molecule has 7 heteroatoms. The van der Waals surface area contributed by atoms with Crippen molar-refractivity contribution in [1.29, 1.82) is 0 Å². The summed E-state index contributed by atoms with van der Waals surface area (Å²) < 4.78 is 2.23. The zero-order valence-corrected chi connectivity index (χ0v) is 16.5. The van der Waals surface area contributed by atoms with Gasteiger partial charge in [-0.15, -0.1) is 0 Å². The predicted octanol–water partition coefficient (Wildman–Crippen LogP) is 2.27. The van der Waals surface area contributed by atoms with E-state index in [1.807, 2.05) is 35.2 Å². The minimum atomic E-state index is -0.261. The molecule has 2 aromatic rings. The first kappa shape index (κ1) is 19.0. The Hall–Kier alpha value is -2.31. The summed E-state index contributed by atoms with van der Waals surface area (Å²) in [7, 11) is 0. The van der Waals surface area contributed by atoms with Crippen LogP contribution in [-0.2, 0) is 16.1 Å². The van der Waals surface area contributed by atoms with Crippen LogP contribution in [0.15, 0.2) is 42.6 Å². The molecular formula is C21H25ClN4O2. The maximum atomic E-state index is 13.0. The molecule has 148 valence electrons. The van der Waals surface area contributed by atoms with Gasteiger partial charge in [0.05, 0.1) is 12.6 Å². The van der Waals surface area contributed by atoms with E-state index in [1.54, 1.807) is 0 Å². The number of piperidine rings is 1. The van der Waals surface area contributed by atoms with Crippen molar-refractivity contribution in [2.24, 2.45) is 11.7 Å². The number of primary amides is 1. The van der Waals surface area contributed by atoms with Gasteiger partial charge in [0.25, 0.3) is 0 Å². The van der Waals surface area contributed by atoms with Crippen LogP contribution in [0.3, 0.4) is 0 Å². The summed E-state index contributed by atoms with van der Waals surface area (Å²) in [5.41, 5.74) is 7.57. The Bertz CT molecular complexity index is 873. The molecule has 0 spiro atoms. The number of nitrogens with zero attached hydrogens (tertiary/aromatic N) is 3. The number of benzene rings is 1. The summed E-state index contributed by atoms with van der Waals surface area (Å²) in [6.45, 7) is 3.14. The molecule has 1 saturated heterocycles. The molecule has 0 aliphatic carbocycles. The van der Waals surface area contributed by atoms with E-state index in [0.29, 0.717) is 37.5 Å². The van der Waals surface area contributed by atoms with E-state index in [0.717, 1.165) is 24.3 Å². The van der Waals surface area contributed by atoms with Crippen molar-refractivity contribution < 1.29 is 9.59 Å². The smallest absolute Gasteiger partial charge is 0.236 e. The van der Waals surface area contributed by atoms with Gasteiger partial charge in [0, 0.05) is 49.0 Å². The molecule has 1 unspecified atom stereocenters. The lowest BCUT2D eigenvalue weighted by Gasteiger charge is -2.39. The number of fused-ring (bicyclic) bond motifs is 1. The highest BCUT2D eigenvalue weighted by Gasteiger charge is 2.33. The second kappa shape index (κ2) is 7.97. The van der Waals surface area contributed by atoms with E-state index in [-0.39, 0.29) is 23.8 Å². The monoisotopic (exact) mass is 400 g/mol. The van der Waals surface area contributed by atoms with E-state index in [4.69, 9.17) is 17.3 Å². The lowest BCUT2D eigenvalue weighted by atomic mass is 9.96. The summed E-state index contributed by atoms with van der Waals surface area (Å²) in [6.07, 6.45) is 3.38. The van der Waals surface area contributed by atoms with E-state index >= 15 is 0 Å². The Labute approximate surface area is 169 Å². The average Bonchev–Trinajstić information content (AvgIpc) is 3.17. The van der Waals surface area contributed by atoms with Crippen LogP contribution in [-0.4, -0.2) is 52.4 Å². The number of aromatic nitrogens is 1. The molecule has 1 atom stereocenters. The molecular weight excluding hydrogens is 376 g/mol. The standard InChI is InChI=1S/C21H25ClN4O2/c22-17-5-2-1-4-16(17)20-18-6-3-9-24(18)12-13-26(20)14-19(27)25-10-7-15(8-11-25)21(23)28/h1-6,9,15,20H,7-8,10-14H2,(H2,23,28). The predicted molar refractivity (Wildman–Crippen MR) is 108 cm³/mol. The van der Waals surface area contributed by atoms with E-state index in [1.165, 1.54) is 0 Å². The number of nitrogens with two attached hydrogens (primary N) is 1. The number of amides is 2. The lowest BCUT2D eigenvalue weighted by molar-refractivity contribution is -0.136. The zero-order chi connectivity index (χ0) is 19.7. The molecule has 4 rings (SSSR count). The highest BCUT2D eigenvalue weighted by atomic mass is 35.5. The molecule has 1 fully saturated rings. The van der Waals surface area contributed by atoms with Crippen LogP contribution in [0, 0.1) is 5.92 Å². The molecule has 28 heavy (non-hydrogen) atoms. The molecule has 6 nitrogen and oxygen atoms in total. The van der Waals surface area contributed by atoms with Gasteiger partial charge in [0.15, 0.2) is 0 Å². The summed E-state index contributed by atoms with van der Waals surface area (Å²) in [4.78, 5) is 28.4. The summed E-state index contributed by atoms with van der Waals surface area (Å²) in [6, 6.07) is 11.9. The first-order chi connectivity index (χ1) is 13.5. The molecule has 1 aromatic heterocycles. The van der Waals surface area contributed by atoms with Gasteiger partial charge in [-0.05, 0) is 36.6 Å². The van der Waals surface area contributed by atoms with Crippen LogP contribution < -0.4 is 5.73 Å². The summed E-state index contributed by atoms with van der Waals surface area (Å²) >= 11 is 6.51. The van der Waals surface area contributed by atoms with Crippen LogP contribution in [0.25, 0.3) is 0 Å². The number of carbonyl (C=O) groups is 2. The topological polar surface area (TPSA) is 71.6 Å². The molecule has 2 aliphatic rings. The van der Waals surface area contributed by atoms with Gasteiger partial charge in [-0.1, -0.05) is 29.8 Å². The SMILES string of the molecule is NC(=O)C1CCN(C(=O)CN2CCn3cccc3C2c2ccccc2Cl)CC1. The molecule has 2 aliphatic heterocycles. The van der Waals surface area contributed by atoms with Crippen LogP contribution in [0.4, 0.5) is 0 Å². The summed E-state index contributed by atoms with van der Waals surface area (Å²) in [5.74, 6) is -0.277. The zero-order valence-electron chi connectivity index (χ0n) is 15.8. The van der Waals surface area contributed by atoms with Gasteiger partial charge in [-0.25, -0.2) is 0 Å². The fourth-order valence-electron chi connectivity index (χ4n) is 4.34. The van der Waals surface area contributed by atoms with Crippen molar-refractivity contribution in [2.45, 2.75) is 25.4 Å². The number of halogens is 1. The molecule has 2 amide bonds. The number of hydrogen-bond acceptors (Lipinski definition) is 3. The second-order valence-corrected chi connectivity index (χ2v) is 7.99. The normalized spacial score (nSPS) is 20.8. The van der Waals surface area contributed by atoms with Gasteiger partial charge in [-0.3, -0.25) is 14.5 Å². The minimum Gasteiger partial charge on any atom is -0.369 e. The van der Waals surface area contributed by atoms with Crippen molar-refractivity contribution in [3.8, 4) is 0 Å². The van der Waals surface area contributed by atoms with E-state index in [9.17, 15) is 9.59 Å². The Balaban J connectivity index is 1.53. The first-order valence-electron chi connectivity index (χ1n) is 9.75. The van der Waals surface area contributed by atoms with E-state index < -0.39 is 0 Å². The number of likely N-dealkylation sites (tertiary alicyclic amines) is 1. The Morgan fingerprint density at radius 3 is 2.50 bits per heavy atom. The molecule has 3 heterocycles. The van der Waals surface area contributed by atoms with Gasteiger partial charge < -0.3 is 15.2 Å². The van der Waals surface area contributed by atoms with Crippen molar-refractivity contribution >= 4 is 23.4 Å². The molecule has 1 aromatic carbocycles. The maximum absolute atomic E-state index is 13.0. The summed E-state index contributed by atoms with van der Waals surface area (Å²) in [5, 5.41) is 0.710. The number of rotatable bonds is 4. The Morgan fingerprint density at radius 1 is 1.04 bits per heavy atom. The number of carbonyl (C=O) groups excluding carboxylic acids is 2. The minimum absolute atomic E-state index is 0.0513. The van der Waals surface area contributed by atoms with Gasteiger partial charge in [-0.2, -0.15) is 0 Å². The molecule has 0 bridgehead atoms. The quantitative estimate of drug-likeness (QED) is 0.855. The second-order valence-electron chi connectivity index (χ2n) is 7.58.